The lowest BCUT2D eigenvalue weighted by Gasteiger charge is -2.30. The summed E-state index contributed by atoms with van der Waals surface area (Å²) < 4.78 is 0.978. The van der Waals surface area contributed by atoms with E-state index in [1.807, 2.05) is 74.5 Å². The first-order chi connectivity index (χ1) is 16.0. The first-order valence-corrected chi connectivity index (χ1v) is 12.2. The van der Waals surface area contributed by atoms with Crippen molar-refractivity contribution in [1.29, 1.82) is 0 Å². The minimum absolute atomic E-state index is 0.0465. The van der Waals surface area contributed by atoms with Gasteiger partial charge >= 0.3 is 0 Å². The average molecular weight is 507 g/mol. The molecule has 3 aromatic rings. The van der Waals surface area contributed by atoms with Gasteiger partial charge in [-0.15, -0.1) is 0 Å². The van der Waals surface area contributed by atoms with Crippen LogP contribution in [-0.2, 0) is 16.1 Å². The second-order valence-corrected chi connectivity index (χ2v) is 9.11. The van der Waals surface area contributed by atoms with E-state index in [2.05, 4.69) is 45.5 Å². The van der Waals surface area contributed by atoms with Crippen LogP contribution in [0.25, 0.3) is 0 Å². The molecule has 3 aromatic carbocycles. The molecule has 0 saturated heterocycles. The minimum atomic E-state index is -0.570. The Kier molecular flexibility index (Phi) is 9.25. The summed E-state index contributed by atoms with van der Waals surface area (Å²) in [6.45, 7) is 4.80. The Morgan fingerprint density at radius 1 is 0.879 bits per heavy atom. The van der Waals surface area contributed by atoms with Crippen molar-refractivity contribution in [2.24, 2.45) is 0 Å². The number of nitrogens with zero attached hydrogens (tertiary/aromatic N) is 1. The Bertz CT molecular complexity index is 983. The second kappa shape index (κ2) is 12.4. The highest BCUT2D eigenvalue weighted by atomic mass is 79.9. The number of carbonyl (C=O) groups excluding carboxylic acids is 2. The van der Waals surface area contributed by atoms with Crippen LogP contribution in [0.15, 0.2) is 89.4 Å². The third-order valence-corrected chi connectivity index (χ3v) is 6.29. The molecule has 172 valence electrons. The van der Waals surface area contributed by atoms with Gasteiger partial charge in [-0.05, 0) is 42.2 Å². The fourth-order valence-electron chi connectivity index (χ4n) is 3.86. The Labute approximate surface area is 205 Å². The van der Waals surface area contributed by atoms with Crippen molar-refractivity contribution >= 4 is 27.7 Å². The highest BCUT2D eigenvalue weighted by molar-refractivity contribution is 9.10. The van der Waals surface area contributed by atoms with Crippen LogP contribution in [0.3, 0.4) is 0 Å². The molecule has 1 atom stereocenters. The first kappa shape index (κ1) is 24.7. The van der Waals surface area contributed by atoms with Crippen LogP contribution in [0.2, 0.25) is 0 Å². The van der Waals surface area contributed by atoms with Gasteiger partial charge in [-0.2, -0.15) is 0 Å². The summed E-state index contributed by atoms with van der Waals surface area (Å²) in [7, 11) is 0. The molecule has 2 amide bonds. The van der Waals surface area contributed by atoms with E-state index >= 15 is 0 Å². The number of carbonyl (C=O) groups is 2. The van der Waals surface area contributed by atoms with Crippen molar-refractivity contribution in [2.45, 2.75) is 45.2 Å². The van der Waals surface area contributed by atoms with E-state index < -0.39 is 6.04 Å². The number of halogens is 1. The summed E-state index contributed by atoms with van der Waals surface area (Å²) in [5.74, 6) is -0.258. The van der Waals surface area contributed by atoms with Crippen LogP contribution in [0, 0.1) is 0 Å². The van der Waals surface area contributed by atoms with Crippen LogP contribution >= 0.6 is 15.9 Å². The molecule has 0 spiro atoms. The Morgan fingerprint density at radius 3 is 1.94 bits per heavy atom. The molecular weight excluding hydrogens is 476 g/mol. The number of hydrogen-bond donors (Lipinski definition) is 1. The van der Waals surface area contributed by atoms with Crippen molar-refractivity contribution in [3.63, 3.8) is 0 Å². The fraction of sp³-hybridized carbons (Fsp3) is 0.286. The quantitative estimate of drug-likeness (QED) is 0.371. The molecule has 0 aliphatic rings. The zero-order valence-electron chi connectivity index (χ0n) is 19.2. The SMILES string of the molecule is CCCNC(=O)C(C)N(Cc1ccc(Br)cc1)C(=O)CC(c1ccccc1)c1ccccc1. The normalized spacial score (nSPS) is 11.8. The van der Waals surface area contributed by atoms with Crippen LogP contribution in [0.4, 0.5) is 0 Å². The summed E-state index contributed by atoms with van der Waals surface area (Å²) in [4.78, 5) is 28.2. The Morgan fingerprint density at radius 2 is 1.42 bits per heavy atom. The number of benzene rings is 3. The number of amides is 2. The molecule has 0 radical (unpaired) electrons. The molecule has 3 rings (SSSR count). The van der Waals surface area contributed by atoms with Gasteiger partial charge in [0.1, 0.15) is 6.04 Å². The minimum Gasteiger partial charge on any atom is -0.354 e. The van der Waals surface area contributed by atoms with Crippen LogP contribution in [0.1, 0.15) is 49.3 Å². The predicted octanol–water partition coefficient (Wildman–Crippen LogP) is 5.91. The van der Waals surface area contributed by atoms with Gasteiger partial charge < -0.3 is 10.2 Å². The van der Waals surface area contributed by atoms with Gasteiger partial charge in [-0.1, -0.05) is 95.7 Å². The van der Waals surface area contributed by atoms with Gasteiger partial charge in [0.05, 0.1) is 0 Å². The third kappa shape index (κ3) is 7.03. The Balaban J connectivity index is 1.89. The fourth-order valence-corrected chi connectivity index (χ4v) is 4.12. The average Bonchev–Trinajstić information content (AvgIpc) is 2.86. The largest absolute Gasteiger partial charge is 0.354 e. The van der Waals surface area contributed by atoms with E-state index in [9.17, 15) is 9.59 Å². The molecule has 1 N–H and O–H groups in total. The number of rotatable bonds is 10. The molecule has 5 heteroatoms. The van der Waals surface area contributed by atoms with Gasteiger partial charge in [-0.25, -0.2) is 0 Å². The molecule has 1 unspecified atom stereocenters. The number of hydrogen-bond acceptors (Lipinski definition) is 2. The lowest BCUT2D eigenvalue weighted by Crippen LogP contribution is -2.48. The molecule has 4 nitrogen and oxygen atoms in total. The smallest absolute Gasteiger partial charge is 0.242 e. The van der Waals surface area contributed by atoms with E-state index in [1.165, 1.54) is 0 Å². The van der Waals surface area contributed by atoms with Crippen molar-refractivity contribution < 1.29 is 9.59 Å². The van der Waals surface area contributed by atoms with Gasteiger partial charge in [0.15, 0.2) is 0 Å². The molecule has 0 heterocycles. The first-order valence-electron chi connectivity index (χ1n) is 11.4. The molecule has 0 aliphatic carbocycles. The van der Waals surface area contributed by atoms with Crippen LogP contribution < -0.4 is 5.32 Å². The molecule has 33 heavy (non-hydrogen) atoms. The van der Waals surface area contributed by atoms with Crippen LogP contribution in [-0.4, -0.2) is 29.3 Å². The van der Waals surface area contributed by atoms with E-state index in [0.717, 1.165) is 27.6 Å². The van der Waals surface area contributed by atoms with Crippen molar-refractivity contribution in [1.82, 2.24) is 10.2 Å². The summed E-state index contributed by atoms with van der Waals surface area (Å²) >= 11 is 3.46. The zero-order valence-corrected chi connectivity index (χ0v) is 20.8. The summed E-state index contributed by atoms with van der Waals surface area (Å²) in [6, 6.07) is 27.5. The van der Waals surface area contributed by atoms with E-state index in [1.54, 1.807) is 4.90 Å². The maximum absolute atomic E-state index is 13.7. The molecule has 0 saturated carbocycles. The molecule has 0 fully saturated rings. The van der Waals surface area contributed by atoms with Gasteiger partial charge in [-0.3, -0.25) is 9.59 Å². The van der Waals surface area contributed by atoms with Crippen molar-refractivity contribution in [2.75, 3.05) is 6.54 Å². The van der Waals surface area contributed by atoms with E-state index in [4.69, 9.17) is 0 Å². The summed E-state index contributed by atoms with van der Waals surface area (Å²) in [6.07, 6.45) is 1.14. The van der Waals surface area contributed by atoms with Gasteiger partial charge in [0.25, 0.3) is 0 Å². The lowest BCUT2D eigenvalue weighted by molar-refractivity contribution is -0.140. The Hall–Kier alpha value is -2.92. The predicted molar refractivity (Wildman–Crippen MR) is 137 cm³/mol. The maximum Gasteiger partial charge on any atom is 0.242 e. The molecular formula is C28H31BrN2O2. The highest BCUT2D eigenvalue weighted by Crippen LogP contribution is 2.29. The number of nitrogens with one attached hydrogen (secondary N) is 1. The van der Waals surface area contributed by atoms with Gasteiger partial charge in [0.2, 0.25) is 11.8 Å². The topological polar surface area (TPSA) is 49.4 Å². The molecule has 0 aromatic heterocycles. The summed E-state index contributed by atoms with van der Waals surface area (Å²) in [5, 5.41) is 2.94. The van der Waals surface area contributed by atoms with Gasteiger partial charge in [0, 0.05) is 29.9 Å². The summed E-state index contributed by atoms with van der Waals surface area (Å²) in [5.41, 5.74) is 3.16. The maximum atomic E-state index is 13.7. The van der Waals surface area contributed by atoms with Crippen molar-refractivity contribution in [3.05, 3.63) is 106 Å². The molecule has 0 bridgehead atoms. The standard InChI is InChI=1S/C28H31BrN2O2/c1-3-18-30-28(33)21(2)31(20-22-14-16-25(29)17-15-22)27(32)19-26(23-10-6-4-7-11-23)24-12-8-5-9-13-24/h4-17,21,26H,3,18-20H2,1-2H3,(H,30,33). The van der Waals surface area contributed by atoms with E-state index in [-0.39, 0.29) is 24.2 Å². The van der Waals surface area contributed by atoms with Crippen molar-refractivity contribution in [3.8, 4) is 0 Å². The third-order valence-electron chi connectivity index (χ3n) is 5.77. The highest BCUT2D eigenvalue weighted by Gasteiger charge is 2.28. The van der Waals surface area contributed by atoms with E-state index in [0.29, 0.717) is 13.1 Å². The lowest BCUT2D eigenvalue weighted by atomic mass is 9.88. The van der Waals surface area contributed by atoms with Crippen LogP contribution in [0.5, 0.6) is 0 Å². The zero-order chi connectivity index (χ0) is 23.6. The molecule has 0 aliphatic heterocycles. The monoisotopic (exact) mass is 506 g/mol. The second-order valence-electron chi connectivity index (χ2n) is 8.19.